The van der Waals surface area contributed by atoms with Crippen LogP contribution in [0.5, 0.6) is 0 Å². The molecule has 0 atom stereocenters. The largest absolute Gasteiger partial charge is 0.357 e. The van der Waals surface area contributed by atoms with Crippen molar-refractivity contribution < 1.29 is 4.79 Å². The topological polar surface area (TPSA) is 60.0 Å². The lowest BCUT2D eigenvalue weighted by Crippen LogP contribution is -2.52. The Balaban J connectivity index is 1.42. The Morgan fingerprint density at radius 2 is 1.97 bits per heavy atom. The summed E-state index contributed by atoms with van der Waals surface area (Å²) in [7, 11) is 0. The molecule has 1 aliphatic heterocycles. The Bertz CT molecular complexity index is 726. The van der Waals surface area contributed by atoms with Gasteiger partial charge in [-0.15, -0.1) is 11.8 Å². The minimum absolute atomic E-state index is 0.317. The Morgan fingerprint density at radius 1 is 1.20 bits per heavy atom. The number of amides is 1. The molecule has 1 amide bonds. The van der Waals surface area contributed by atoms with E-state index in [9.17, 15) is 4.79 Å². The van der Waals surface area contributed by atoms with Crippen LogP contribution in [0.15, 0.2) is 28.1 Å². The Labute approximate surface area is 185 Å². The zero-order chi connectivity index (χ0) is 21.3. The van der Waals surface area contributed by atoms with Crippen molar-refractivity contribution in [2.24, 2.45) is 10.9 Å². The highest BCUT2D eigenvalue weighted by Gasteiger charge is 2.30. The molecule has 0 spiro atoms. The van der Waals surface area contributed by atoms with E-state index in [4.69, 9.17) is 4.99 Å². The minimum Gasteiger partial charge on any atom is -0.357 e. The summed E-state index contributed by atoms with van der Waals surface area (Å²) in [5, 5.41) is 6.81. The van der Waals surface area contributed by atoms with Gasteiger partial charge in [0, 0.05) is 56.6 Å². The fourth-order valence-electron chi connectivity index (χ4n) is 3.93. The predicted molar refractivity (Wildman–Crippen MR) is 126 cm³/mol. The number of aryl methyl sites for hydroxylation is 1. The van der Waals surface area contributed by atoms with Gasteiger partial charge in [0.15, 0.2) is 5.96 Å². The summed E-state index contributed by atoms with van der Waals surface area (Å²) in [6.07, 6.45) is 5.53. The monoisotopic (exact) mass is 431 g/mol. The van der Waals surface area contributed by atoms with Gasteiger partial charge in [0.05, 0.1) is 6.54 Å². The van der Waals surface area contributed by atoms with Gasteiger partial charge < -0.3 is 15.5 Å². The minimum atomic E-state index is 0.317. The molecule has 2 N–H and O–H groups in total. The number of piperazine rings is 1. The van der Waals surface area contributed by atoms with Gasteiger partial charge in [0.2, 0.25) is 5.91 Å². The Kier molecular flexibility index (Phi) is 8.88. The second-order valence-corrected chi connectivity index (χ2v) is 9.08. The van der Waals surface area contributed by atoms with Crippen LogP contribution in [0.25, 0.3) is 0 Å². The number of hydrogen-bond donors (Lipinski definition) is 2. The van der Waals surface area contributed by atoms with Crippen molar-refractivity contribution in [3.05, 3.63) is 29.3 Å². The van der Waals surface area contributed by atoms with E-state index >= 15 is 0 Å². The number of carbonyl (C=O) groups excluding carboxylic acids is 1. The van der Waals surface area contributed by atoms with Gasteiger partial charge in [0.1, 0.15) is 0 Å². The third kappa shape index (κ3) is 6.38. The third-order valence-electron chi connectivity index (χ3n) is 6.05. The molecular formula is C23H37N5OS. The Morgan fingerprint density at radius 3 is 2.60 bits per heavy atom. The highest BCUT2D eigenvalue weighted by molar-refractivity contribution is 7.98. The predicted octanol–water partition coefficient (Wildman–Crippen LogP) is 2.72. The molecule has 6 nitrogen and oxygen atoms in total. The molecule has 0 radical (unpaired) electrons. The molecule has 3 rings (SSSR count). The van der Waals surface area contributed by atoms with Crippen molar-refractivity contribution in [3.8, 4) is 0 Å². The summed E-state index contributed by atoms with van der Waals surface area (Å²) in [4.78, 5) is 23.0. The number of aliphatic imine (C=N–C) groups is 1. The van der Waals surface area contributed by atoms with Crippen molar-refractivity contribution in [1.82, 2.24) is 20.4 Å². The molecule has 30 heavy (non-hydrogen) atoms. The van der Waals surface area contributed by atoms with Crippen molar-refractivity contribution >= 4 is 23.6 Å². The normalized spacial score (nSPS) is 18.2. The lowest BCUT2D eigenvalue weighted by molar-refractivity contribution is -0.139. The van der Waals surface area contributed by atoms with Gasteiger partial charge in [-0.2, -0.15) is 0 Å². The van der Waals surface area contributed by atoms with Crippen LogP contribution in [-0.2, 0) is 11.3 Å². The quantitative estimate of drug-likeness (QED) is 0.377. The van der Waals surface area contributed by atoms with Crippen molar-refractivity contribution in [2.75, 3.05) is 52.1 Å². The van der Waals surface area contributed by atoms with Crippen LogP contribution in [0.3, 0.4) is 0 Å². The van der Waals surface area contributed by atoms with E-state index in [0.29, 0.717) is 18.4 Å². The lowest BCUT2D eigenvalue weighted by atomic mass is 9.84. The standard InChI is InChI=1S/C23H37N5OS/c1-4-24-23(26-17-20-9-8-18(2)16-21(20)30-3)25-10-11-27-12-14-28(15-13-27)22(29)19-6-5-7-19/h8-9,16,19H,4-7,10-15,17H2,1-3H3,(H2,24,25,26). The van der Waals surface area contributed by atoms with Gasteiger partial charge in [-0.3, -0.25) is 9.69 Å². The van der Waals surface area contributed by atoms with Gasteiger partial charge in [-0.25, -0.2) is 4.99 Å². The van der Waals surface area contributed by atoms with Crippen LogP contribution < -0.4 is 10.6 Å². The van der Waals surface area contributed by atoms with E-state index in [0.717, 1.165) is 64.6 Å². The second-order valence-electron chi connectivity index (χ2n) is 8.23. The van der Waals surface area contributed by atoms with Gasteiger partial charge in [-0.05, 0) is 50.1 Å². The van der Waals surface area contributed by atoms with Gasteiger partial charge in [0.25, 0.3) is 0 Å². The number of nitrogens with one attached hydrogen (secondary N) is 2. The first-order chi connectivity index (χ1) is 14.6. The summed E-state index contributed by atoms with van der Waals surface area (Å²) in [5.74, 6) is 1.57. The Hall–Kier alpha value is -1.73. The van der Waals surface area contributed by atoms with E-state index in [1.54, 1.807) is 11.8 Å². The molecule has 1 aliphatic carbocycles. The van der Waals surface area contributed by atoms with Crippen molar-refractivity contribution in [3.63, 3.8) is 0 Å². The molecule has 1 heterocycles. The van der Waals surface area contributed by atoms with Crippen LogP contribution in [0, 0.1) is 12.8 Å². The number of carbonyl (C=O) groups is 1. The van der Waals surface area contributed by atoms with E-state index in [2.05, 4.69) is 58.7 Å². The van der Waals surface area contributed by atoms with Crippen LogP contribution in [0.4, 0.5) is 0 Å². The van der Waals surface area contributed by atoms with Crippen molar-refractivity contribution in [2.45, 2.75) is 44.6 Å². The summed E-state index contributed by atoms with van der Waals surface area (Å²) in [6.45, 7) is 11.2. The van der Waals surface area contributed by atoms with Crippen LogP contribution in [0.2, 0.25) is 0 Å². The highest BCUT2D eigenvalue weighted by Crippen LogP contribution is 2.28. The molecule has 0 aromatic heterocycles. The van der Waals surface area contributed by atoms with Gasteiger partial charge >= 0.3 is 0 Å². The number of hydrogen-bond acceptors (Lipinski definition) is 4. The second kappa shape index (κ2) is 11.6. The molecule has 2 fully saturated rings. The van der Waals surface area contributed by atoms with Crippen LogP contribution in [0.1, 0.15) is 37.3 Å². The molecule has 1 saturated carbocycles. The third-order valence-corrected chi connectivity index (χ3v) is 6.87. The fourth-order valence-corrected chi connectivity index (χ4v) is 4.62. The zero-order valence-corrected chi connectivity index (χ0v) is 19.6. The first-order valence-electron chi connectivity index (χ1n) is 11.3. The molecular weight excluding hydrogens is 394 g/mol. The maximum atomic E-state index is 12.4. The van der Waals surface area contributed by atoms with E-state index in [1.807, 2.05) is 0 Å². The van der Waals surface area contributed by atoms with Crippen LogP contribution in [-0.4, -0.2) is 73.7 Å². The average Bonchev–Trinajstić information content (AvgIpc) is 2.71. The van der Waals surface area contributed by atoms with E-state index in [1.165, 1.54) is 22.4 Å². The number of guanidine groups is 1. The smallest absolute Gasteiger partial charge is 0.225 e. The molecule has 2 aliphatic rings. The maximum Gasteiger partial charge on any atom is 0.225 e. The maximum absolute atomic E-state index is 12.4. The van der Waals surface area contributed by atoms with Crippen molar-refractivity contribution in [1.29, 1.82) is 0 Å². The molecule has 1 saturated heterocycles. The van der Waals surface area contributed by atoms with Crippen LogP contribution >= 0.6 is 11.8 Å². The number of nitrogens with zero attached hydrogens (tertiary/aromatic N) is 3. The molecule has 1 aromatic rings. The van der Waals surface area contributed by atoms with E-state index < -0.39 is 0 Å². The summed E-state index contributed by atoms with van der Waals surface area (Å²) < 4.78 is 0. The number of rotatable bonds is 8. The highest BCUT2D eigenvalue weighted by atomic mass is 32.2. The summed E-state index contributed by atoms with van der Waals surface area (Å²) in [5.41, 5.74) is 2.55. The number of thioether (sulfide) groups is 1. The lowest BCUT2D eigenvalue weighted by Gasteiger charge is -2.38. The van der Waals surface area contributed by atoms with Gasteiger partial charge in [-0.1, -0.05) is 18.6 Å². The molecule has 0 unspecified atom stereocenters. The summed E-state index contributed by atoms with van der Waals surface area (Å²) in [6, 6.07) is 6.56. The zero-order valence-electron chi connectivity index (χ0n) is 18.7. The molecule has 0 bridgehead atoms. The SMILES string of the molecule is CCNC(=NCc1ccc(C)cc1SC)NCCN1CCN(C(=O)C2CCC2)CC1. The molecule has 1 aromatic carbocycles. The fraction of sp³-hybridized carbons (Fsp3) is 0.652. The average molecular weight is 432 g/mol. The number of benzene rings is 1. The van der Waals surface area contributed by atoms with E-state index in [-0.39, 0.29) is 0 Å². The summed E-state index contributed by atoms with van der Waals surface area (Å²) >= 11 is 1.78. The molecule has 166 valence electrons. The first-order valence-corrected chi connectivity index (χ1v) is 12.5. The molecule has 7 heteroatoms. The first kappa shape index (κ1) is 22.9.